The van der Waals surface area contributed by atoms with Crippen molar-refractivity contribution in [3.05, 3.63) is 41.8 Å². The van der Waals surface area contributed by atoms with E-state index in [1.807, 2.05) is 6.92 Å². The van der Waals surface area contributed by atoms with Crippen LogP contribution in [0.2, 0.25) is 0 Å². The smallest absolute Gasteiger partial charge is 0.317 e. The Morgan fingerprint density at radius 1 is 1.35 bits per heavy atom. The number of amides is 2. The Hall–Kier alpha value is -2.90. The van der Waals surface area contributed by atoms with Gasteiger partial charge < -0.3 is 15.3 Å². The van der Waals surface area contributed by atoms with E-state index in [4.69, 9.17) is 5.11 Å². The number of hydrogen-bond donors (Lipinski definition) is 3. The van der Waals surface area contributed by atoms with Gasteiger partial charge in [-0.3, -0.25) is 9.89 Å². The highest BCUT2D eigenvalue weighted by Gasteiger charge is 2.19. The number of hydrogen-bond acceptors (Lipinski definition) is 3. The summed E-state index contributed by atoms with van der Waals surface area (Å²) in [5, 5.41) is 18.6. The molecule has 1 heterocycles. The molecule has 1 atom stereocenters. The fourth-order valence-corrected chi connectivity index (χ4v) is 2.69. The van der Waals surface area contributed by atoms with Gasteiger partial charge in [0.25, 0.3) is 0 Å². The fourth-order valence-electron chi connectivity index (χ4n) is 2.69. The van der Waals surface area contributed by atoms with Gasteiger partial charge in [0.15, 0.2) is 0 Å². The molecule has 0 spiro atoms. The normalized spacial score (nSPS) is 11.8. The number of benzene rings is 1. The van der Waals surface area contributed by atoms with Gasteiger partial charge in [0.05, 0.1) is 24.9 Å². The van der Waals surface area contributed by atoms with E-state index in [0.717, 1.165) is 17.5 Å². The second-order valence-corrected chi connectivity index (χ2v) is 6.17. The van der Waals surface area contributed by atoms with Gasteiger partial charge in [0.1, 0.15) is 5.82 Å². The summed E-state index contributed by atoms with van der Waals surface area (Å²) in [4.78, 5) is 24.7. The van der Waals surface area contributed by atoms with Gasteiger partial charge in [0.2, 0.25) is 0 Å². The van der Waals surface area contributed by atoms with Crippen LogP contribution >= 0.6 is 0 Å². The molecule has 8 heteroatoms. The summed E-state index contributed by atoms with van der Waals surface area (Å²) >= 11 is 0. The summed E-state index contributed by atoms with van der Waals surface area (Å²) in [6.45, 7) is 2.21. The second-order valence-electron chi connectivity index (χ2n) is 6.17. The van der Waals surface area contributed by atoms with Gasteiger partial charge in [-0.1, -0.05) is 13.3 Å². The Balaban J connectivity index is 2.04. The Kier molecular flexibility index (Phi) is 6.71. The van der Waals surface area contributed by atoms with Gasteiger partial charge in [-0.05, 0) is 30.7 Å². The predicted molar refractivity (Wildman–Crippen MR) is 94.9 cm³/mol. The maximum absolute atomic E-state index is 13.1. The quantitative estimate of drug-likeness (QED) is 0.672. The first-order chi connectivity index (χ1) is 12.4. The van der Waals surface area contributed by atoms with Crippen molar-refractivity contribution in [3.63, 3.8) is 0 Å². The van der Waals surface area contributed by atoms with Gasteiger partial charge in [-0.2, -0.15) is 5.10 Å². The standard InChI is InChI=1S/C18H23FN4O3/c1-3-4-15(9-16(24)25)21-18(26)23(2)11-13-10-20-22-17(13)12-5-7-14(19)8-6-12/h5-8,10,15H,3-4,9,11H2,1-2H3,(H,20,22)(H,21,26)(H,24,25). The van der Waals surface area contributed by atoms with Crippen molar-refractivity contribution in [1.82, 2.24) is 20.4 Å². The minimum absolute atomic E-state index is 0.111. The lowest BCUT2D eigenvalue weighted by molar-refractivity contribution is -0.137. The molecule has 2 rings (SSSR count). The van der Waals surface area contributed by atoms with Crippen LogP contribution in [0.4, 0.5) is 9.18 Å². The summed E-state index contributed by atoms with van der Waals surface area (Å²) < 4.78 is 13.1. The predicted octanol–water partition coefficient (Wildman–Crippen LogP) is 3.00. The number of carbonyl (C=O) groups is 2. The molecule has 2 amide bonds. The molecular formula is C18H23FN4O3. The van der Waals surface area contributed by atoms with E-state index < -0.39 is 12.0 Å². The van der Waals surface area contributed by atoms with Crippen LogP contribution in [0.25, 0.3) is 11.3 Å². The summed E-state index contributed by atoms with van der Waals surface area (Å²) in [5.74, 6) is -1.27. The number of carboxylic acids is 1. The third-order valence-electron chi connectivity index (χ3n) is 3.99. The van der Waals surface area contributed by atoms with Crippen LogP contribution in [-0.4, -0.2) is 45.3 Å². The lowest BCUT2D eigenvalue weighted by atomic mass is 10.1. The van der Waals surface area contributed by atoms with E-state index in [1.165, 1.54) is 17.0 Å². The molecule has 0 aliphatic rings. The van der Waals surface area contributed by atoms with Crippen molar-refractivity contribution in [2.24, 2.45) is 0 Å². The number of rotatable bonds is 8. The first-order valence-corrected chi connectivity index (χ1v) is 8.42. The third kappa shape index (κ3) is 5.30. The van der Waals surface area contributed by atoms with E-state index >= 15 is 0 Å². The maximum Gasteiger partial charge on any atom is 0.317 e. The molecule has 0 bridgehead atoms. The molecule has 7 nitrogen and oxygen atoms in total. The van der Waals surface area contributed by atoms with E-state index in [-0.39, 0.29) is 24.8 Å². The monoisotopic (exact) mass is 362 g/mol. The van der Waals surface area contributed by atoms with Crippen LogP contribution in [0.3, 0.4) is 0 Å². The third-order valence-corrected chi connectivity index (χ3v) is 3.99. The number of aliphatic carboxylic acids is 1. The van der Waals surface area contributed by atoms with E-state index in [9.17, 15) is 14.0 Å². The molecule has 140 valence electrons. The highest BCUT2D eigenvalue weighted by atomic mass is 19.1. The zero-order valence-corrected chi connectivity index (χ0v) is 14.8. The van der Waals surface area contributed by atoms with Gasteiger partial charge in [0, 0.05) is 24.2 Å². The highest BCUT2D eigenvalue weighted by molar-refractivity contribution is 5.76. The Morgan fingerprint density at radius 3 is 2.65 bits per heavy atom. The second kappa shape index (κ2) is 8.98. The molecule has 0 saturated heterocycles. The zero-order valence-electron chi connectivity index (χ0n) is 14.8. The summed E-state index contributed by atoms with van der Waals surface area (Å²) in [6, 6.07) is 5.23. The topological polar surface area (TPSA) is 98.3 Å². The molecule has 0 fully saturated rings. The molecule has 2 aromatic rings. The first-order valence-electron chi connectivity index (χ1n) is 8.42. The fraction of sp³-hybridized carbons (Fsp3) is 0.389. The Bertz CT molecular complexity index is 745. The number of H-pyrrole nitrogens is 1. The van der Waals surface area contributed by atoms with Crippen LogP contribution in [0.5, 0.6) is 0 Å². The van der Waals surface area contributed by atoms with Crippen molar-refractivity contribution < 1.29 is 19.1 Å². The average Bonchev–Trinajstić information content (AvgIpc) is 3.03. The largest absolute Gasteiger partial charge is 0.481 e. The number of carboxylic acid groups (broad SMARTS) is 1. The SMILES string of the molecule is CCCC(CC(=O)O)NC(=O)N(C)Cc1cn[nH]c1-c1ccc(F)cc1. The number of halogens is 1. The number of aromatic amines is 1. The lowest BCUT2D eigenvalue weighted by Crippen LogP contribution is -2.43. The highest BCUT2D eigenvalue weighted by Crippen LogP contribution is 2.22. The summed E-state index contributed by atoms with van der Waals surface area (Å²) in [5.41, 5.74) is 2.25. The molecule has 1 aromatic carbocycles. The van der Waals surface area contributed by atoms with Crippen LogP contribution in [0, 0.1) is 5.82 Å². The van der Waals surface area contributed by atoms with E-state index in [0.29, 0.717) is 12.1 Å². The minimum Gasteiger partial charge on any atom is -0.481 e. The molecule has 0 radical (unpaired) electrons. The maximum atomic E-state index is 13.1. The van der Waals surface area contributed by atoms with Crippen molar-refractivity contribution in [1.29, 1.82) is 0 Å². The first kappa shape index (κ1) is 19.4. The van der Waals surface area contributed by atoms with Gasteiger partial charge >= 0.3 is 12.0 Å². The zero-order chi connectivity index (χ0) is 19.1. The number of carbonyl (C=O) groups excluding carboxylic acids is 1. The van der Waals surface area contributed by atoms with Crippen LogP contribution < -0.4 is 5.32 Å². The van der Waals surface area contributed by atoms with Crippen LogP contribution in [0.15, 0.2) is 30.5 Å². The van der Waals surface area contributed by atoms with Crippen LogP contribution in [-0.2, 0) is 11.3 Å². The molecule has 3 N–H and O–H groups in total. The number of aromatic nitrogens is 2. The molecule has 1 aromatic heterocycles. The molecule has 0 saturated carbocycles. The minimum atomic E-state index is -0.945. The van der Waals surface area contributed by atoms with Crippen molar-refractivity contribution in [2.75, 3.05) is 7.05 Å². The molecule has 0 aliphatic carbocycles. The summed E-state index contributed by atoms with van der Waals surface area (Å²) in [6.07, 6.45) is 2.88. The van der Waals surface area contributed by atoms with Crippen LogP contribution in [0.1, 0.15) is 31.7 Å². The van der Waals surface area contributed by atoms with E-state index in [1.54, 1.807) is 25.4 Å². The molecule has 26 heavy (non-hydrogen) atoms. The lowest BCUT2D eigenvalue weighted by Gasteiger charge is -2.22. The number of nitrogens with zero attached hydrogens (tertiary/aromatic N) is 2. The molecular weight excluding hydrogens is 339 g/mol. The van der Waals surface area contributed by atoms with Crippen molar-refractivity contribution >= 4 is 12.0 Å². The van der Waals surface area contributed by atoms with Gasteiger partial charge in [-0.15, -0.1) is 0 Å². The Labute approximate surface area is 151 Å². The van der Waals surface area contributed by atoms with Crippen molar-refractivity contribution in [2.45, 2.75) is 38.8 Å². The molecule has 0 aliphatic heterocycles. The number of urea groups is 1. The number of nitrogens with one attached hydrogen (secondary N) is 2. The summed E-state index contributed by atoms with van der Waals surface area (Å²) in [7, 11) is 1.63. The Morgan fingerprint density at radius 2 is 2.04 bits per heavy atom. The van der Waals surface area contributed by atoms with E-state index in [2.05, 4.69) is 15.5 Å². The average molecular weight is 362 g/mol. The molecule has 1 unspecified atom stereocenters. The van der Waals surface area contributed by atoms with Crippen molar-refractivity contribution in [3.8, 4) is 11.3 Å². The van der Waals surface area contributed by atoms with Gasteiger partial charge in [-0.25, -0.2) is 9.18 Å².